The summed E-state index contributed by atoms with van der Waals surface area (Å²) in [7, 11) is 1.38. The van der Waals surface area contributed by atoms with Gasteiger partial charge in [-0.25, -0.2) is 14.6 Å². The van der Waals surface area contributed by atoms with Crippen molar-refractivity contribution in [2.24, 2.45) is 0 Å². The Hall–Kier alpha value is -3.90. The van der Waals surface area contributed by atoms with Crippen LogP contribution in [0.4, 0.5) is 0 Å². The van der Waals surface area contributed by atoms with E-state index in [1.165, 1.54) is 26.3 Å². The number of carbonyl (C=O) groups is 3. The van der Waals surface area contributed by atoms with E-state index in [4.69, 9.17) is 33.2 Å². The van der Waals surface area contributed by atoms with Crippen molar-refractivity contribution < 1.29 is 47.5 Å². The molecule has 2 rings (SSSR count). The predicted octanol–water partition coefficient (Wildman–Crippen LogP) is 3.71. The number of benzene rings is 1. The van der Waals surface area contributed by atoms with E-state index in [1.54, 1.807) is 13.8 Å². The lowest BCUT2D eigenvalue weighted by molar-refractivity contribution is -0.160. The number of pyridine rings is 1. The Balaban J connectivity index is 2.10. The van der Waals surface area contributed by atoms with E-state index < -0.39 is 42.9 Å². The normalized spacial score (nSPS) is 13.7. The lowest BCUT2D eigenvalue weighted by Gasteiger charge is -2.32. The molecule has 1 aromatic heterocycles. The molecule has 12 nitrogen and oxygen atoms in total. The third-order valence-electron chi connectivity index (χ3n) is 5.94. The fourth-order valence-electron chi connectivity index (χ4n) is 3.79. The average molecular weight is 591 g/mol. The molecule has 0 bridgehead atoms. The largest absolute Gasteiger partial charge is 0.493 e. The summed E-state index contributed by atoms with van der Waals surface area (Å²) < 4.78 is 38.7. The second-order valence-corrected chi connectivity index (χ2v) is 9.16. The van der Waals surface area contributed by atoms with Crippen LogP contribution in [0.1, 0.15) is 57.9 Å². The number of carbonyl (C=O) groups excluding carboxylic acids is 3. The van der Waals surface area contributed by atoms with Crippen LogP contribution in [-0.4, -0.2) is 80.9 Å². The Morgan fingerprint density at radius 1 is 1.02 bits per heavy atom. The quantitative estimate of drug-likeness (QED) is 0.189. The summed E-state index contributed by atoms with van der Waals surface area (Å²) in [6.07, 6.45) is 1.17. The van der Waals surface area contributed by atoms with E-state index in [2.05, 4.69) is 10.3 Å². The van der Waals surface area contributed by atoms with Gasteiger partial charge >= 0.3 is 11.9 Å². The van der Waals surface area contributed by atoms with Crippen molar-refractivity contribution in [1.82, 2.24) is 10.3 Å². The van der Waals surface area contributed by atoms with Gasteiger partial charge in [-0.3, -0.25) is 4.79 Å². The molecule has 1 amide bonds. The molecule has 0 fully saturated rings. The molecular weight excluding hydrogens is 548 g/mol. The number of amides is 1. The topological polar surface area (TPSA) is 141 Å². The van der Waals surface area contributed by atoms with E-state index in [1.807, 2.05) is 44.2 Å². The van der Waals surface area contributed by atoms with Gasteiger partial charge in [0, 0.05) is 25.5 Å². The van der Waals surface area contributed by atoms with Crippen molar-refractivity contribution in [2.45, 2.75) is 71.8 Å². The molecule has 0 radical (unpaired) electrons. The molecule has 0 saturated heterocycles. The minimum absolute atomic E-state index is 0.0640. The van der Waals surface area contributed by atoms with E-state index in [0.29, 0.717) is 25.4 Å². The highest BCUT2D eigenvalue weighted by atomic mass is 16.7. The van der Waals surface area contributed by atoms with Gasteiger partial charge < -0.3 is 38.5 Å². The highest BCUT2D eigenvalue weighted by Crippen LogP contribution is 2.29. The lowest BCUT2D eigenvalue weighted by atomic mass is 10.1. The number of para-hydroxylation sites is 1. The van der Waals surface area contributed by atoms with Crippen molar-refractivity contribution in [3.63, 3.8) is 0 Å². The Morgan fingerprint density at radius 2 is 1.76 bits per heavy atom. The van der Waals surface area contributed by atoms with Crippen LogP contribution in [0.3, 0.4) is 0 Å². The van der Waals surface area contributed by atoms with E-state index in [-0.39, 0.29) is 29.9 Å². The molecule has 1 aromatic carbocycles. The number of hydrogen-bond acceptors (Lipinski definition) is 11. The van der Waals surface area contributed by atoms with Crippen LogP contribution in [0.25, 0.3) is 0 Å². The Labute approximate surface area is 246 Å². The zero-order valence-electron chi connectivity index (χ0n) is 25.1. The fourth-order valence-corrected chi connectivity index (χ4v) is 3.79. The van der Waals surface area contributed by atoms with Crippen molar-refractivity contribution in [3.8, 4) is 17.2 Å². The molecule has 4 atom stereocenters. The van der Waals surface area contributed by atoms with Crippen molar-refractivity contribution in [2.75, 3.05) is 33.7 Å². The fraction of sp³-hybridized carbons (Fsp3) is 0.533. The molecule has 0 aliphatic heterocycles. The standard InChI is InChI=1S/C30H42N2O10/c1-7-17-38-23(8-2)27(42-22-13-11-10-12-14-22)21(5)41-30(35)20(4)32-29(34)26-28(24(36-6)15-16-31-26)40-19-39-25(33)18-37-9-3/h10-16,20-21,23,27H,7-9,17-19H2,1-6H3,(H,32,34)/t20-,21-,23-,27-/m0/s1. The van der Waals surface area contributed by atoms with Crippen LogP contribution in [0.2, 0.25) is 0 Å². The van der Waals surface area contributed by atoms with Crippen LogP contribution >= 0.6 is 0 Å². The Morgan fingerprint density at radius 3 is 2.40 bits per heavy atom. The number of hydrogen-bond donors (Lipinski definition) is 1. The van der Waals surface area contributed by atoms with Gasteiger partial charge in [0.2, 0.25) is 6.79 Å². The number of nitrogens with one attached hydrogen (secondary N) is 1. The summed E-state index contributed by atoms with van der Waals surface area (Å²) in [5.41, 5.74) is -0.174. The maximum Gasteiger partial charge on any atom is 0.334 e. The van der Waals surface area contributed by atoms with Crippen LogP contribution in [0.15, 0.2) is 42.6 Å². The van der Waals surface area contributed by atoms with Gasteiger partial charge in [0.05, 0.1) is 13.2 Å². The second kappa shape index (κ2) is 18.5. The van der Waals surface area contributed by atoms with Gasteiger partial charge in [-0.05, 0) is 45.7 Å². The number of ether oxygens (including phenoxy) is 7. The number of methoxy groups -OCH3 is 1. The lowest BCUT2D eigenvalue weighted by Crippen LogP contribution is -2.47. The van der Waals surface area contributed by atoms with Crippen molar-refractivity contribution >= 4 is 17.8 Å². The van der Waals surface area contributed by atoms with Crippen molar-refractivity contribution in [1.29, 1.82) is 0 Å². The van der Waals surface area contributed by atoms with Gasteiger partial charge in [0.15, 0.2) is 23.3 Å². The van der Waals surface area contributed by atoms with Gasteiger partial charge in [0.1, 0.15) is 24.5 Å². The molecule has 12 heteroatoms. The molecule has 0 aliphatic rings. The SMILES string of the molecule is CCCO[C@@H](CC)[C@@H](Oc1ccccc1)[C@H](C)OC(=O)[C@H](C)NC(=O)c1nccc(OC)c1OCOC(=O)COCC. The van der Waals surface area contributed by atoms with Gasteiger partial charge in [-0.2, -0.15) is 0 Å². The molecule has 0 aliphatic carbocycles. The Kier molecular flexibility index (Phi) is 15.1. The number of esters is 2. The molecule has 0 spiro atoms. The zero-order chi connectivity index (χ0) is 30.9. The van der Waals surface area contributed by atoms with Crippen LogP contribution in [0, 0.1) is 0 Å². The average Bonchev–Trinajstić information content (AvgIpc) is 2.99. The number of aromatic nitrogens is 1. The first-order valence-corrected chi connectivity index (χ1v) is 14.0. The summed E-state index contributed by atoms with van der Waals surface area (Å²) in [4.78, 5) is 42.0. The van der Waals surface area contributed by atoms with Crippen LogP contribution < -0.4 is 19.5 Å². The molecule has 1 heterocycles. The Bertz CT molecular complexity index is 1110. The highest BCUT2D eigenvalue weighted by Gasteiger charge is 2.33. The smallest absolute Gasteiger partial charge is 0.334 e. The maximum atomic E-state index is 13.1. The molecular formula is C30H42N2O10. The first-order valence-electron chi connectivity index (χ1n) is 14.0. The summed E-state index contributed by atoms with van der Waals surface area (Å²) >= 11 is 0. The highest BCUT2D eigenvalue weighted by molar-refractivity contribution is 5.98. The molecule has 2 aromatic rings. The minimum Gasteiger partial charge on any atom is -0.493 e. The van der Waals surface area contributed by atoms with Gasteiger partial charge in [-0.15, -0.1) is 0 Å². The minimum atomic E-state index is -1.06. The summed E-state index contributed by atoms with van der Waals surface area (Å²) in [6, 6.07) is 9.64. The first kappa shape index (κ1) is 34.3. The van der Waals surface area contributed by atoms with Crippen molar-refractivity contribution in [3.05, 3.63) is 48.3 Å². The van der Waals surface area contributed by atoms with E-state index in [9.17, 15) is 14.4 Å². The molecule has 0 unspecified atom stereocenters. The summed E-state index contributed by atoms with van der Waals surface area (Å²) in [5, 5.41) is 2.57. The van der Waals surface area contributed by atoms with Crippen LogP contribution in [-0.2, 0) is 28.5 Å². The maximum absolute atomic E-state index is 13.1. The van der Waals surface area contributed by atoms with Crippen LogP contribution in [0.5, 0.6) is 17.2 Å². The zero-order valence-corrected chi connectivity index (χ0v) is 25.1. The predicted molar refractivity (Wildman–Crippen MR) is 153 cm³/mol. The van der Waals surface area contributed by atoms with Gasteiger partial charge in [0.25, 0.3) is 5.91 Å². The number of rotatable bonds is 19. The molecule has 0 saturated carbocycles. The third kappa shape index (κ3) is 10.8. The molecule has 232 valence electrons. The first-order chi connectivity index (χ1) is 20.2. The summed E-state index contributed by atoms with van der Waals surface area (Å²) in [6.45, 7) is 9.07. The second-order valence-electron chi connectivity index (χ2n) is 9.16. The van der Waals surface area contributed by atoms with E-state index in [0.717, 1.165) is 6.42 Å². The number of nitrogens with zero attached hydrogens (tertiary/aromatic N) is 1. The summed E-state index contributed by atoms with van der Waals surface area (Å²) in [5.74, 6) is -1.32. The molecule has 1 N–H and O–H groups in total. The van der Waals surface area contributed by atoms with Gasteiger partial charge in [-0.1, -0.05) is 32.0 Å². The third-order valence-corrected chi connectivity index (χ3v) is 5.94. The van der Waals surface area contributed by atoms with E-state index >= 15 is 0 Å². The monoisotopic (exact) mass is 590 g/mol. The molecule has 42 heavy (non-hydrogen) atoms.